The molecule has 0 atom stereocenters. The van der Waals surface area contributed by atoms with Gasteiger partial charge in [-0.2, -0.15) is 5.10 Å². The first-order valence-corrected chi connectivity index (χ1v) is 7.94. The number of amides is 2. The van der Waals surface area contributed by atoms with Gasteiger partial charge in [-0.15, -0.1) is 0 Å². The predicted molar refractivity (Wildman–Crippen MR) is 88.5 cm³/mol. The molecule has 0 spiro atoms. The lowest BCUT2D eigenvalue weighted by Crippen LogP contribution is -2.42. The summed E-state index contributed by atoms with van der Waals surface area (Å²) in [5.41, 5.74) is 2.24. The molecule has 1 N–H and O–H groups in total. The number of cyclic esters (lactones) is 1. The summed E-state index contributed by atoms with van der Waals surface area (Å²) < 4.78 is 6.65. The van der Waals surface area contributed by atoms with Crippen molar-refractivity contribution in [2.24, 2.45) is 7.05 Å². The Balaban J connectivity index is 1.58. The number of ether oxygens (including phenoxy) is 1. The minimum absolute atomic E-state index is 0.252. The Labute approximate surface area is 140 Å². The first-order chi connectivity index (χ1) is 11.6. The molecule has 0 aliphatic carbocycles. The third kappa shape index (κ3) is 3.56. The first-order valence-electron chi connectivity index (χ1n) is 7.94. The first kappa shape index (κ1) is 16.0. The van der Waals surface area contributed by atoms with Crippen molar-refractivity contribution in [3.63, 3.8) is 0 Å². The Kier molecular flexibility index (Phi) is 4.79. The van der Waals surface area contributed by atoms with E-state index in [1.165, 1.54) is 0 Å². The molecule has 0 bridgehead atoms. The predicted octanol–water partition coefficient (Wildman–Crippen LogP) is 1.66. The second-order valence-corrected chi connectivity index (χ2v) is 5.62. The standard InChI is InChI=1S/C17H20N4O3/c1-20-15(13-6-3-2-4-7-13)12-14(19-20)16(22)18-8-10-21-9-5-11-24-17(21)23/h2-4,6-7,12H,5,8-11H2,1H3,(H,18,22). The average Bonchev–Trinajstić information content (AvgIpc) is 2.99. The van der Waals surface area contributed by atoms with E-state index in [0.29, 0.717) is 31.9 Å². The van der Waals surface area contributed by atoms with Crippen LogP contribution in [0.2, 0.25) is 0 Å². The largest absolute Gasteiger partial charge is 0.449 e. The van der Waals surface area contributed by atoms with Gasteiger partial charge in [0, 0.05) is 26.7 Å². The number of nitrogens with one attached hydrogen (secondary N) is 1. The van der Waals surface area contributed by atoms with Crippen LogP contribution >= 0.6 is 0 Å². The van der Waals surface area contributed by atoms with Crippen molar-refractivity contribution in [2.75, 3.05) is 26.2 Å². The van der Waals surface area contributed by atoms with Gasteiger partial charge in [-0.3, -0.25) is 9.48 Å². The van der Waals surface area contributed by atoms with E-state index in [4.69, 9.17) is 4.74 Å². The molecule has 1 aliphatic heterocycles. The molecule has 1 aromatic heterocycles. The van der Waals surface area contributed by atoms with Gasteiger partial charge >= 0.3 is 6.09 Å². The van der Waals surface area contributed by atoms with Crippen molar-refractivity contribution in [2.45, 2.75) is 6.42 Å². The maximum Gasteiger partial charge on any atom is 0.409 e. The molecule has 2 amide bonds. The topological polar surface area (TPSA) is 76.5 Å². The molecule has 1 saturated heterocycles. The number of carbonyl (C=O) groups is 2. The van der Waals surface area contributed by atoms with Crippen LogP contribution in [-0.4, -0.2) is 52.9 Å². The highest BCUT2D eigenvalue weighted by molar-refractivity contribution is 5.93. The summed E-state index contributed by atoms with van der Waals surface area (Å²) in [6.07, 6.45) is 0.500. The van der Waals surface area contributed by atoms with Gasteiger partial charge in [0.2, 0.25) is 0 Å². The fraction of sp³-hybridized carbons (Fsp3) is 0.353. The van der Waals surface area contributed by atoms with E-state index in [9.17, 15) is 9.59 Å². The zero-order valence-electron chi connectivity index (χ0n) is 13.6. The lowest BCUT2D eigenvalue weighted by atomic mass is 10.1. The van der Waals surface area contributed by atoms with E-state index >= 15 is 0 Å². The molecule has 3 rings (SSSR count). The fourth-order valence-electron chi connectivity index (χ4n) is 2.65. The summed E-state index contributed by atoms with van der Waals surface area (Å²) >= 11 is 0. The maximum absolute atomic E-state index is 12.2. The van der Waals surface area contributed by atoms with Crippen LogP contribution in [0.4, 0.5) is 4.79 Å². The van der Waals surface area contributed by atoms with Crippen LogP contribution in [0.1, 0.15) is 16.9 Å². The lowest BCUT2D eigenvalue weighted by Gasteiger charge is -2.26. The molecule has 0 saturated carbocycles. The maximum atomic E-state index is 12.2. The number of aromatic nitrogens is 2. The number of rotatable bonds is 5. The molecule has 7 nitrogen and oxygen atoms in total. The second kappa shape index (κ2) is 7.16. The highest BCUT2D eigenvalue weighted by Gasteiger charge is 2.19. The van der Waals surface area contributed by atoms with Crippen molar-refractivity contribution in [3.05, 3.63) is 42.1 Å². The number of nitrogens with zero attached hydrogens (tertiary/aromatic N) is 3. The van der Waals surface area contributed by atoms with Crippen LogP contribution in [-0.2, 0) is 11.8 Å². The monoisotopic (exact) mass is 328 g/mol. The summed E-state index contributed by atoms with van der Waals surface area (Å²) in [6.45, 7) is 1.93. The molecule has 2 heterocycles. The number of carbonyl (C=O) groups excluding carboxylic acids is 2. The van der Waals surface area contributed by atoms with E-state index in [2.05, 4.69) is 10.4 Å². The Morgan fingerprint density at radius 3 is 2.88 bits per heavy atom. The van der Waals surface area contributed by atoms with Crippen LogP contribution in [0, 0.1) is 0 Å². The highest BCUT2D eigenvalue weighted by atomic mass is 16.6. The minimum Gasteiger partial charge on any atom is -0.449 e. The summed E-state index contributed by atoms with van der Waals surface area (Å²) in [7, 11) is 1.81. The molecule has 126 valence electrons. The minimum atomic E-state index is -0.320. The van der Waals surface area contributed by atoms with E-state index < -0.39 is 0 Å². The van der Waals surface area contributed by atoms with Crippen molar-refractivity contribution < 1.29 is 14.3 Å². The molecule has 24 heavy (non-hydrogen) atoms. The molecule has 2 aromatic rings. The Morgan fingerprint density at radius 2 is 2.12 bits per heavy atom. The Bertz CT molecular complexity index is 727. The van der Waals surface area contributed by atoms with E-state index in [-0.39, 0.29) is 12.0 Å². The molecule has 0 radical (unpaired) electrons. The lowest BCUT2D eigenvalue weighted by molar-refractivity contribution is 0.0719. The van der Waals surface area contributed by atoms with Gasteiger partial charge in [-0.1, -0.05) is 30.3 Å². The van der Waals surface area contributed by atoms with E-state index in [1.54, 1.807) is 15.6 Å². The average molecular weight is 328 g/mol. The summed E-state index contributed by atoms with van der Waals surface area (Å²) in [6, 6.07) is 11.5. The third-order valence-corrected chi connectivity index (χ3v) is 3.91. The van der Waals surface area contributed by atoms with Crippen molar-refractivity contribution in [3.8, 4) is 11.3 Å². The van der Waals surface area contributed by atoms with Gasteiger partial charge in [0.05, 0.1) is 12.3 Å². The van der Waals surface area contributed by atoms with E-state index in [1.807, 2.05) is 37.4 Å². The van der Waals surface area contributed by atoms with Crippen LogP contribution < -0.4 is 5.32 Å². The number of aryl methyl sites for hydroxylation is 1. The van der Waals surface area contributed by atoms with Crippen LogP contribution in [0.3, 0.4) is 0 Å². The Hall–Kier alpha value is -2.83. The number of hydrogen-bond donors (Lipinski definition) is 1. The second-order valence-electron chi connectivity index (χ2n) is 5.62. The molecule has 1 aliphatic rings. The van der Waals surface area contributed by atoms with Crippen LogP contribution in [0.5, 0.6) is 0 Å². The van der Waals surface area contributed by atoms with E-state index in [0.717, 1.165) is 17.7 Å². The van der Waals surface area contributed by atoms with Gasteiger partial charge in [0.15, 0.2) is 5.69 Å². The Morgan fingerprint density at radius 1 is 1.33 bits per heavy atom. The SMILES string of the molecule is Cn1nc(C(=O)NCCN2CCCOC2=O)cc1-c1ccccc1. The molecule has 1 fully saturated rings. The van der Waals surface area contributed by atoms with Crippen LogP contribution in [0.15, 0.2) is 36.4 Å². The normalized spacial score (nSPS) is 14.4. The fourth-order valence-corrected chi connectivity index (χ4v) is 2.65. The summed E-state index contributed by atoms with van der Waals surface area (Å²) in [5, 5.41) is 7.06. The number of benzene rings is 1. The smallest absolute Gasteiger partial charge is 0.409 e. The molecular weight excluding hydrogens is 308 g/mol. The molecule has 1 aromatic carbocycles. The van der Waals surface area contributed by atoms with Gasteiger partial charge in [0.25, 0.3) is 5.91 Å². The summed E-state index contributed by atoms with van der Waals surface area (Å²) in [4.78, 5) is 25.4. The van der Waals surface area contributed by atoms with Crippen molar-refractivity contribution >= 4 is 12.0 Å². The zero-order valence-corrected chi connectivity index (χ0v) is 13.6. The van der Waals surface area contributed by atoms with Crippen LogP contribution in [0.25, 0.3) is 11.3 Å². The molecule has 0 unspecified atom stereocenters. The quantitative estimate of drug-likeness (QED) is 0.905. The highest BCUT2D eigenvalue weighted by Crippen LogP contribution is 2.19. The van der Waals surface area contributed by atoms with Gasteiger partial charge in [-0.05, 0) is 18.1 Å². The van der Waals surface area contributed by atoms with Crippen molar-refractivity contribution in [1.82, 2.24) is 20.0 Å². The molecular formula is C17H20N4O3. The van der Waals surface area contributed by atoms with Gasteiger partial charge in [0.1, 0.15) is 0 Å². The summed E-state index contributed by atoms with van der Waals surface area (Å²) in [5.74, 6) is -0.252. The molecule has 7 heteroatoms. The third-order valence-electron chi connectivity index (χ3n) is 3.91. The van der Waals surface area contributed by atoms with Gasteiger partial charge in [-0.25, -0.2) is 4.79 Å². The zero-order chi connectivity index (χ0) is 16.9. The number of hydrogen-bond acceptors (Lipinski definition) is 4. The van der Waals surface area contributed by atoms with Crippen molar-refractivity contribution in [1.29, 1.82) is 0 Å². The van der Waals surface area contributed by atoms with Gasteiger partial charge < -0.3 is 15.0 Å².